The summed E-state index contributed by atoms with van der Waals surface area (Å²) in [6.07, 6.45) is 0. The summed E-state index contributed by atoms with van der Waals surface area (Å²) in [7, 11) is 0. The largest absolute Gasteiger partial charge is 0.456 e. The molecule has 6 nitrogen and oxygen atoms in total. The second kappa shape index (κ2) is 12.7. The molecule has 0 bridgehead atoms. The molecule has 266 valence electrons. The van der Waals surface area contributed by atoms with Gasteiger partial charge in [0.1, 0.15) is 11.2 Å². The molecule has 0 spiro atoms. The molecular formula is C49H27N5OS2. The van der Waals surface area contributed by atoms with Gasteiger partial charge >= 0.3 is 0 Å². The van der Waals surface area contributed by atoms with Crippen LogP contribution in [0.15, 0.2) is 168 Å². The maximum absolute atomic E-state index is 6.28. The first-order valence-electron chi connectivity index (χ1n) is 18.7. The normalized spacial score (nSPS) is 11.9. The van der Waals surface area contributed by atoms with Crippen molar-refractivity contribution in [2.75, 3.05) is 0 Å². The highest BCUT2D eigenvalue weighted by atomic mass is 32.1. The molecule has 0 aliphatic heterocycles. The summed E-state index contributed by atoms with van der Waals surface area (Å²) in [6, 6.07) is 56.1. The zero-order valence-electron chi connectivity index (χ0n) is 30.0. The van der Waals surface area contributed by atoms with E-state index >= 15 is 0 Å². The number of hydrogen-bond donors (Lipinski definition) is 0. The number of para-hydroxylation sites is 1. The first-order valence-corrected chi connectivity index (χ1v) is 20.3. The number of hydrogen-bond acceptors (Lipinski definition) is 8. The Morgan fingerprint density at radius 3 is 1.75 bits per heavy atom. The van der Waals surface area contributed by atoms with E-state index in [-0.39, 0.29) is 0 Å². The average molecular weight is 766 g/mol. The van der Waals surface area contributed by atoms with Gasteiger partial charge < -0.3 is 4.42 Å². The fraction of sp³-hybridized carbons (Fsp3) is 0. The lowest BCUT2D eigenvalue weighted by molar-refractivity contribution is 0.669. The first kappa shape index (κ1) is 32.1. The van der Waals surface area contributed by atoms with E-state index in [2.05, 4.69) is 97.1 Å². The van der Waals surface area contributed by atoms with Crippen molar-refractivity contribution in [1.82, 2.24) is 24.9 Å². The number of furan rings is 1. The molecule has 0 N–H and O–H groups in total. The molecule has 0 atom stereocenters. The molecule has 8 heteroatoms. The van der Waals surface area contributed by atoms with Crippen LogP contribution in [0, 0.1) is 0 Å². The summed E-state index contributed by atoms with van der Waals surface area (Å²) in [5.41, 5.74) is 8.36. The number of benzene rings is 7. The van der Waals surface area contributed by atoms with Gasteiger partial charge in [0.05, 0.1) is 15.9 Å². The van der Waals surface area contributed by atoms with Crippen LogP contribution in [0.1, 0.15) is 0 Å². The van der Waals surface area contributed by atoms with Crippen molar-refractivity contribution in [1.29, 1.82) is 0 Å². The lowest BCUT2D eigenvalue weighted by atomic mass is 10.0. The van der Waals surface area contributed by atoms with Gasteiger partial charge in [-0.05, 0) is 30.3 Å². The summed E-state index contributed by atoms with van der Waals surface area (Å²) in [5.74, 6) is 2.51. The molecule has 0 aliphatic rings. The lowest BCUT2D eigenvalue weighted by Crippen LogP contribution is -2.00. The molecule has 7 aromatic carbocycles. The van der Waals surface area contributed by atoms with Gasteiger partial charge in [-0.15, -0.1) is 22.7 Å². The van der Waals surface area contributed by atoms with Crippen molar-refractivity contribution in [3.05, 3.63) is 164 Å². The molecule has 0 saturated carbocycles. The van der Waals surface area contributed by atoms with Gasteiger partial charge in [0.2, 0.25) is 0 Å². The molecule has 5 heterocycles. The SMILES string of the molecule is c1ccc(-c2nc(-c3cccc4c3sc3cccc(-c5nc(-c6ccccc6)c6sc7ccccc7c6n5)c34)nc(-c3cccc4oc5ccccc5c34)n2)cc1. The minimum Gasteiger partial charge on any atom is -0.456 e. The topological polar surface area (TPSA) is 77.6 Å². The average Bonchev–Trinajstić information content (AvgIpc) is 3.98. The van der Waals surface area contributed by atoms with E-state index in [0.717, 1.165) is 91.2 Å². The molecule has 12 rings (SSSR count). The van der Waals surface area contributed by atoms with Crippen LogP contribution in [0.25, 0.3) is 119 Å². The third kappa shape index (κ3) is 5.12. The van der Waals surface area contributed by atoms with Gasteiger partial charge in [-0.3, -0.25) is 0 Å². The van der Waals surface area contributed by atoms with Crippen LogP contribution < -0.4 is 0 Å². The van der Waals surface area contributed by atoms with E-state index in [9.17, 15) is 0 Å². The summed E-state index contributed by atoms with van der Waals surface area (Å²) in [5, 5.41) is 5.37. The predicted octanol–water partition coefficient (Wildman–Crippen LogP) is 13.6. The van der Waals surface area contributed by atoms with Crippen LogP contribution in [0.5, 0.6) is 0 Å². The van der Waals surface area contributed by atoms with Crippen LogP contribution in [0.2, 0.25) is 0 Å². The van der Waals surface area contributed by atoms with Gasteiger partial charge in [-0.25, -0.2) is 24.9 Å². The second-order valence-electron chi connectivity index (χ2n) is 14.0. The molecule has 0 amide bonds. The fourth-order valence-electron chi connectivity index (χ4n) is 8.01. The van der Waals surface area contributed by atoms with Crippen molar-refractivity contribution in [2.45, 2.75) is 0 Å². The van der Waals surface area contributed by atoms with Crippen LogP contribution in [0.3, 0.4) is 0 Å². The van der Waals surface area contributed by atoms with Crippen LogP contribution >= 0.6 is 22.7 Å². The van der Waals surface area contributed by atoms with Crippen molar-refractivity contribution in [3.63, 3.8) is 0 Å². The van der Waals surface area contributed by atoms with Crippen molar-refractivity contribution < 1.29 is 4.42 Å². The summed E-state index contributed by atoms with van der Waals surface area (Å²) in [6.45, 7) is 0. The number of rotatable bonds is 5. The Morgan fingerprint density at radius 2 is 0.912 bits per heavy atom. The van der Waals surface area contributed by atoms with E-state index < -0.39 is 0 Å². The van der Waals surface area contributed by atoms with Crippen LogP contribution in [-0.2, 0) is 0 Å². The highest BCUT2D eigenvalue weighted by Crippen LogP contribution is 2.45. The Labute approximate surface area is 333 Å². The highest BCUT2D eigenvalue weighted by Gasteiger charge is 2.22. The molecular weight excluding hydrogens is 739 g/mol. The highest BCUT2D eigenvalue weighted by molar-refractivity contribution is 7.26. The molecule has 0 saturated heterocycles. The monoisotopic (exact) mass is 765 g/mol. The molecule has 12 aromatic rings. The minimum absolute atomic E-state index is 0.591. The minimum atomic E-state index is 0.591. The number of aromatic nitrogens is 5. The van der Waals surface area contributed by atoms with Gasteiger partial charge in [0.25, 0.3) is 0 Å². The zero-order chi connectivity index (χ0) is 37.5. The Balaban J connectivity index is 1.10. The second-order valence-corrected chi connectivity index (χ2v) is 16.1. The van der Waals surface area contributed by atoms with E-state index in [4.69, 9.17) is 29.3 Å². The number of fused-ring (bicyclic) bond motifs is 9. The number of thiophene rings is 2. The Kier molecular flexibility index (Phi) is 7.17. The fourth-order valence-corrected chi connectivity index (χ4v) is 10.4. The maximum atomic E-state index is 6.28. The third-order valence-corrected chi connectivity index (χ3v) is 13.0. The molecule has 0 radical (unpaired) electrons. The third-order valence-electron chi connectivity index (χ3n) is 10.6. The van der Waals surface area contributed by atoms with E-state index in [1.807, 2.05) is 66.7 Å². The summed E-state index contributed by atoms with van der Waals surface area (Å²) < 4.78 is 10.8. The van der Waals surface area contributed by atoms with Crippen LogP contribution in [-0.4, -0.2) is 24.9 Å². The summed E-state index contributed by atoms with van der Waals surface area (Å²) >= 11 is 3.49. The van der Waals surface area contributed by atoms with Crippen molar-refractivity contribution in [2.24, 2.45) is 0 Å². The molecule has 0 unspecified atom stereocenters. The number of nitrogens with zero attached hydrogens (tertiary/aromatic N) is 5. The van der Waals surface area contributed by atoms with Crippen molar-refractivity contribution >= 4 is 85.1 Å². The Morgan fingerprint density at radius 1 is 0.351 bits per heavy atom. The smallest absolute Gasteiger partial charge is 0.165 e. The predicted molar refractivity (Wildman–Crippen MR) is 236 cm³/mol. The maximum Gasteiger partial charge on any atom is 0.165 e. The molecule has 0 fully saturated rings. The Hall–Kier alpha value is -7.13. The van der Waals surface area contributed by atoms with E-state index in [1.165, 1.54) is 4.70 Å². The Bertz CT molecular complexity index is 3540. The molecule has 5 aromatic heterocycles. The van der Waals surface area contributed by atoms with Gasteiger partial charge in [-0.1, -0.05) is 133 Å². The van der Waals surface area contributed by atoms with Crippen LogP contribution in [0.4, 0.5) is 0 Å². The molecule has 57 heavy (non-hydrogen) atoms. The first-order chi connectivity index (χ1) is 28.2. The zero-order valence-corrected chi connectivity index (χ0v) is 31.7. The summed E-state index contributed by atoms with van der Waals surface area (Å²) in [4.78, 5) is 26.2. The quantitative estimate of drug-likeness (QED) is 0.174. The van der Waals surface area contributed by atoms with Gasteiger partial charge in [-0.2, -0.15) is 0 Å². The van der Waals surface area contributed by atoms with E-state index in [1.54, 1.807) is 22.7 Å². The molecule has 0 aliphatic carbocycles. The standard InChI is InChI=1S/C49H27N5OS2/c1-3-14-28(15-4-1)42-45-43(31-19-8-10-26-38(31)56-45)51-47(50-42)34-22-13-27-39-41(34)32-20-11-23-35(44(32)57-39)49-53-46(29-16-5-2-6-17-29)52-48(54-49)33-21-12-25-37-40(33)30-18-7-9-24-36(30)55-37/h1-27H. The van der Waals surface area contributed by atoms with Crippen molar-refractivity contribution in [3.8, 4) is 56.8 Å². The van der Waals surface area contributed by atoms with Gasteiger partial charge in [0.15, 0.2) is 23.3 Å². The van der Waals surface area contributed by atoms with E-state index in [0.29, 0.717) is 23.3 Å². The van der Waals surface area contributed by atoms with Gasteiger partial charge in [0, 0.05) is 68.8 Å². The lowest BCUT2D eigenvalue weighted by Gasteiger charge is -2.10.